The van der Waals surface area contributed by atoms with Crippen molar-refractivity contribution in [2.75, 3.05) is 18.0 Å². The number of benzene rings is 1. The molecule has 3 atom stereocenters. The van der Waals surface area contributed by atoms with Gasteiger partial charge in [-0.3, -0.25) is 9.48 Å². The van der Waals surface area contributed by atoms with Crippen molar-refractivity contribution in [3.8, 4) is 0 Å². The summed E-state index contributed by atoms with van der Waals surface area (Å²) in [5.74, 6) is -7.54. The Labute approximate surface area is 239 Å². The smallest absolute Gasteiger partial charge is 0.293 e. The first-order valence-electron chi connectivity index (χ1n) is 13.1. The summed E-state index contributed by atoms with van der Waals surface area (Å²) in [6.07, 6.45) is -3.26. The van der Waals surface area contributed by atoms with Gasteiger partial charge in [-0.05, 0) is 71.4 Å². The maximum atomic E-state index is 15.0. The number of hydrogen-bond donors (Lipinski definition) is 1. The zero-order valence-electron chi connectivity index (χ0n) is 21.7. The van der Waals surface area contributed by atoms with Crippen molar-refractivity contribution in [1.82, 2.24) is 14.8 Å². The summed E-state index contributed by atoms with van der Waals surface area (Å²) in [6, 6.07) is 6.41. The van der Waals surface area contributed by atoms with Crippen molar-refractivity contribution in [3.05, 3.63) is 74.6 Å². The Bertz CT molecular complexity index is 1520. The molecule has 2 aliphatic carbocycles. The molecule has 2 fully saturated rings. The lowest BCUT2D eigenvalue weighted by Gasteiger charge is -2.45. The predicted molar refractivity (Wildman–Crippen MR) is 139 cm³/mol. The molecule has 1 aromatic carbocycles. The SMILES string of the molecule is CC1(O)CN(c2ccc(Br)c([C@@H](CC(=O)Cn3nc(C(F)F)c4c3C(F)(F)[C@@H]3C[C@H]43)Cc3cc(F)cc(F)c3)n2)C1. The maximum absolute atomic E-state index is 15.0. The van der Waals surface area contributed by atoms with Crippen LogP contribution < -0.4 is 4.90 Å². The fourth-order valence-electron chi connectivity index (χ4n) is 6.21. The van der Waals surface area contributed by atoms with E-state index in [1.54, 1.807) is 19.1 Å². The molecule has 218 valence electrons. The lowest BCUT2D eigenvalue weighted by atomic mass is 9.90. The van der Waals surface area contributed by atoms with E-state index in [-0.39, 0.29) is 30.4 Å². The van der Waals surface area contributed by atoms with Gasteiger partial charge in [0.1, 0.15) is 35.4 Å². The second-order valence-corrected chi connectivity index (χ2v) is 12.3. The first-order chi connectivity index (χ1) is 19.2. The second kappa shape index (κ2) is 9.82. The molecular weight excluding hydrogens is 618 g/mol. The first kappa shape index (κ1) is 28.2. The highest BCUT2D eigenvalue weighted by Gasteiger charge is 2.67. The van der Waals surface area contributed by atoms with Gasteiger partial charge in [0.15, 0.2) is 5.78 Å². The third-order valence-electron chi connectivity index (χ3n) is 8.00. The molecule has 0 bridgehead atoms. The minimum atomic E-state index is -3.36. The number of anilines is 1. The largest absolute Gasteiger partial charge is 0.386 e. The van der Waals surface area contributed by atoms with Crippen molar-refractivity contribution in [2.24, 2.45) is 5.92 Å². The normalized spacial score (nSPS) is 22.3. The number of halogens is 7. The molecule has 0 unspecified atom stereocenters. The Hall–Kier alpha value is -2.93. The second-order valence-electron chi connectivity index (χ2n) is 11.5. The average molecular weight is 643 g/mol. The van der Waals surface area contributed by atoms with Crippen LogP contribution in [0.25, 0.3) is 0 Å². The van der Waals surface area contributed by atoms with Crippen LogP contribution in [0, 0.1) is 17.6 Å². The third-order valence-corrected chi connectivity index (χ3v) is 8.67. The number of fused-ring (bicyclic) bond motifs is 3. The van der Waals surface area contributed by atoms with Crippen molar-refractivity contribution in [2.45, 2.75) is 62.5 Å². The molecule has 3 aromatic rings. The van der Waals surface area contributed by atoms with E-state index >= 15 is 0 Å². The van der Waals surface area contributed by atoms with Gasteiger partial charge in [0, 0.05) is 47.4 Å². The van der Waals surface area contributed by atoms with E-state index in [1.807, 2.05) is 4.90 Å². The van der Waals surface area contributed by atoms with Crippen LogP contribution in [0.5, 0.6) is 0 Å². The summed E-state index contributed by atoms with van der Waals surface area (Å²) in [6.45, 7) is 1.67. The van der Waals surface area contributed by atoms with Gasteiger partial charge in [0.05, 0.1) is 11.3 Å². The van der Waals surface area contributed by atoms with Crippen LogP contribution >= 0.6 is 15.9 Å². The van der Waals surface area contributed by atoms with Crippen LogP contribution in [0.15, 0.2) is 34.8 Å². The molecule has 0 spiro atoms. The maximum Gasteiger partial charge on any atom is 0.293 e. The zero-order valence-corrected chi connectivity index (χ0v) is 23.3. The lowest BCUT2D eigenvalue weighted by molar-refractivity contribution is -0.120. The highest BCUT2D eigenvalue weighted by Crippen LogP contribution is 2.68. The van der Waals surface area contributed by atoms with E-state index in [0.717, 1.165) is 18.2 Å². The van der Waals surface area contributed by atoms with Gasteiger partial charge in [0.2, 0.25) is 0 Å². The Morgan fingerprint density at radius 1 is 1.15 bits per heavy atom. The fourth-order valence-corrected chi connectivity index (χ4v) is 6.75. The number of alkyl halides is 4. The fraction of sp³-hybridized carbons (Fsp3) is 0.464. The summed E-state index contributed by atoms with van der Waals surface area (Å²) >= 11 is 3.44. The van der Waals surface area contributed by atoms with Gasteiger partial charge in [-0.1, -0.05) is 0 Å². The summed E-state index contributed by atoms with van der Waals surface area (Å²) in [7, 11) is 0. The average Bonchev–Trinajstić information content (AvgIpc) is 3.51. The van der Waals surface area contributed by atoms with Crippen molar-refractivity contribution < 1.29 is 36.2 Å². The molecule has 1 saturated carbocycles. The Morgan fingerprint density at radius 2 is 1.83 bits per heavy atom. The molecule has 1 saturated heterocycles. The molecule has 1 N–H and O–H groups in total. The van der Waals surface area contributed by atoms with E-state index in [0.29, 0.717) is 33.8 Å². The Morgan fingerprint density at radius 3 is 2.46 bits per heavy atom. The topological polar surface area (TPSA) is 71.2 Å². The number of carbonyl (C=O) groups is 1. The van der Waals surface area contributed by atoms with Gasteiger partial charge >= 0.3 is 0 Å². The molecule has 3 aliphatic rings. The van der Waals surface area contributed by atoms with E-state index in [4.69, 9.17) is 0 Å². The number of Topliss-reactive ketones (excluding diaryl/α,β-unsaturated/α-hetero) is 1. The molecule has 3 heterocycles. The van der Waals surface area contributed by atoms with Crippen molar-refractivity contribution in [1.29, 1.82) is 0 Å². The predicted octanol–water partition coefficient (Wildman–Crippen LogP) is 6.02. The van der Waals surface area contributed by atoms with Crippen LogP contribution in [0.4, 0.5) is 32.2 Å². The Kier molecular flexibility index (Phi) is 6.76. The number of ketones is 1. The lowest BCUT2D eigenvalue weighted by Crippen LogP contribution is -2.60. The van der Waals surface area contributed by atoms with Gasteiger partial charge in [0.25, 0.3) is 12.3 Å². The van der Waals surface area contributed by atoms with E-state index in [9.17, 15) is 36.2 Å². The molecule has 0 amide bonds. The summed E-state index contributed by atoms with van der Waals surface area (Å²) in [4.78, 5) is 19.9. The standard InChI is InChI=1S/C28H25BrF6N4O2/c1-27(41)11-38(12-27)21-3-2-20(29)23(36-21)14(4-13-5-15(30)8-16(31)6-13)7-17(40)10-39-25-22(24(37-39)26(32)33)18-9-19(18)28(25,34)35/h2-3,5-6,8,14,18-19,26,41H,4,7,9-12H2,1H3/t14-,18+,19-/m1/s1. The van der Waals surface area contributed by atoms with Crippen LogP contribution in [0.1, 0.15) is 66.2 Å². The Balaban J connectivity index is 1.31. The highest BCUT2D eigenvalue weighted by molar-refractivity contribution is 9.10. The highest BCUT2D eigenvalue weighted by atomic mass is 79.9. The number of carbonyl (C=O) groups excluding carboxylic acids is 1. The minimum Gasteiger partial charge on any atom is -0.386 e. The quantitative estimate of drug-likeness (QED) is 0.289. The molecular formula is C28H25BrF6N4O2. The van der Waals surface area contributed by atoms with Crippen LogP contribution in [-0.2, 0) is 23.7 Å². The van der Waals surface area contributed by atoms with Gasteiger partial charge in [-0.2, -0.15) is 13.9 Å². The summed E-state index contributed by atoms with van der Waals surface area (Å²) < 4.78 is 86.6. The molecule has 6 rings (SSSR count). The molecule has 6 nitrogen and oxygen atoms in total. The molecule has 2 aromatic heterocycles. The van der Waals surface area contributed by atoms with Gasteiger partial charge in [-0.15, -0.1) is 0 Å². The van der Waals surface area contributed by atoms with E-state index < -0.39 is 71.1 Å². The van der Waals surface area contributed by atoms with E-state index in [1.165, 1.54) is 0 Å². The minimum absolute atomic E-state index is 0.0208. The zero-order chi connectivity index (χ0) is 29.4. The summed E-state index contributed by atoms with van der Waals surface area (Å²) in [5, 5.41) is 13.9. The van der Waals surface area contributed by atoms with Gasteiger partial charge in [-0.25, -0.2) is 22.5 Å². The summed E-state index contributed by atoms with van der Waals surface area (Å²) in [5.41, 5.74) is -1.75. The van der Waals surface area contributed by atoms with Crippen LogP contribution in [0.3, 0.4) is 0 Å². The monoisotopic (exact) mass is 642 g/mol. The third kappa shape index (κ3) is 5.15. The van der Waals surface area contributed by atoms with Crippen LogP contribution in [-0.4, -0.2) is 44.3 Å². The van der Waals surface area contributed by atoms with Crippen molar-refractivity contribution in [3.63, 3.8) is 0 Å². The number of nitrogens with zero attached hydrogens (tertiary/aromatic N) is 4. The van der Waals surface area contributed by atoms with Crippen molar-refractivity contribution >= 4 is 27.5 Å². The van der Waals surface area contributed by atoms with E-state index in [2.05, 4.69) is 26.0 Å². The number of pyridine rings is 1. The van der Waals surface area contributed by atoms with Crippen LogP contribution in [0.2, 0.25) is 0 Å². The molecule has 13 heteroatoms. The first-order valence-corrected chi connectivity index (χ1v) is 13.9. The van der Waals surface area contributed by atoms with Gasteiger partial charge < -0.3 is 10.0 Å². The molecule has 1 aliphatic heterocycles. The number of aliphatic hydroxyl groups is 1. The number of hydrogen-bond acceptors (Lipinski definition) is 5. The molecule has 41 heavy (non-hydrogen) atoms. The molecule has 0 radical (unpaired) electrons. The number of rotatable bonds is 9. The number of aromatic nitrogens is 3. The number of β-amino-alcohol motifs (C(OH)–C–C–N with tert-alkyl or cyclic N) is 1.